The molecule has 1 aliphatic carbocycles. The van der Waals surface area contributed by atoms with Crippen molar-refractivity contribution in [1.82, 2.24) is 4.90 Å². The molecule has 2 aliphatic rings. The van der Waals surface area contributed by atoms with Crippen LogP contribution in [0.25, 0.3) is 11.0 Å². The number of fused-ring (bicyclic) bond motifs is 2. The van der Waals surface area contributed by atoms with E-state index < -0.39 is 11.2 Å². The lowest BCUT2D eigenvalue weighted by Crippen LogP contribution is -2.54. The van der Waals surface area contributed by atoms with Crippen molar-refractivity contribution in [3.05, 3.63) is 74.1 Å². The highest BCUT2D eigenvalue weighted by atomic mass is 35.5. The predicted molar refractivity (Wildman–Crippen MR) is 144 cm³/mol. The Hall–Kier alpha value is -2.83. The SMILES string of the molecule is Cc1c(CCC(=O)N2CCC3(O)CCCCC3C2)c(=O)oc2c(C)c(OCc3cccc(Cl)c3)ccc12. The molecular weight excluding hydrogens is 490 g/mol. The maximum atomic E-state index is 13.0. The number of carbonyl (C=O) groups excluding carboxylic acids is 1. The van der Waals surface area contributed by atoms with Gasteiger partial charge in [0.05, 0.1) is 5.60 Å². The third-order valence-electron chi connectivity index (χ3n) is 8.31. The number of likely N-dealkylation sites (tertiary alicyclic amines) is 1. The minimum atomic E-state index is -0.612. The summed E-state index contributed by atoms with van der Waals surface area (Å²) in [6, 6.07) is 11.3. The van der Waals surface area contributed by atoms with Crippen molar-refractivity contribution in [2.24, 2.45) is 5.92 Å². The fourth-order valence-corrected chi connectivity index (χ4v) is 6.20. The Labute approximate surface area is 222 Å². The number of nitrogens with zero attached hydrogens (tertiary/aromatic N) is 1. The molecule has 2 aromatic carbocycles. The highest BCUT2D eigenvalue weighted by molar-refractivity contribution is 6.30. The van der Waals surface area contributed by atoms with Gasteiger partial charge in [0.2, 0.25) is 5.91 Å². The van der Waals surface area contributed by atoms with Crippen LogP contribution in [-0.2, 0) is 17.8 Å². The third-order valence-corrected chi connectivity index (χ3v) is 8.54. The van der Waals surface area contributed by atoms with Gasteiger partial charge >= 0.3 is 5.63 Å². The van der Waals surface area contributed by atoms with Crippen molar-refractivity contribution in [1.29, 1.82) is 0 Å². The summed E-state index contributed by atoms with van der Waals surface area (Å²) in [5, 5.41) is 12.4. The van der Waals surface area contributed by atoms with Crippen molar-refractivity contribution in [2.45, 2.75) is 71.0 Å². The van der Waals surface area contributed by atoms with Gasteiger partial charge in [0, 0.05) is 47.0 Å². The summed E-state index contributed by atoms with van der Waals surface area (Å²) < 4.78 is 11.8. The van der Waals surface area contributed by atoms with Gasteiger partial charge in [-0.3, -0.25) is 4.79 Å². The Balaban J connectivity index is 1.29. The summed E-state index contributed by atoms with van der Waals surface area (Å²) in [4.78, 5) is 27.9. The van der Waals surface area contributed by atoms with Crippen molar-refractivity contribution >= 4 is 28.5 Å². The van der Waals surface area contributed by atoms with Crippen molar-refractivity contribution < 1.29 is 19.1 Å². The number of rotatable bonds is 6. The van der Waals surface area contributed by atoms with Gasteiger partial charge in [-0.1, -0.05) is 36.6 Å². The van der Waals surface area contributed by atoms with Crippen LogP contribution in [0.1, 0.15) is 60.8 Å². The summed E-state index contributed by atoms with van der Waals surface area (Å²) in [5.74, 6) is 0.836. The van der Waals surface area contributed by atoms with Gasteiger partial charge in [-0.2, -0.15) is 0 Å². The minimum Gasteiger partial charge on any atom is -0.488 e. The molecule has 1 aromatic heterocycles. The molecule has 2 fully saturated rings. The first-order chi connectivity index (χ1) is 17.7. The molecule has 0 spiro atoms. The average molecular weight is 524 g/mol. The maximum Gasteiger partial charge on any atom is 0.339 e. The number of piperidine rings is 1. The monoisotopic (exact) mass is 523 g/mol. The molecule has 1 aliphatic heterocycles. The molecule has 2 atom stereocenters. The van der Waals surface area contributed by atoms with Gasteiger partial charge < -0.3 is 19.2 Å². The Morgan fingerprint density at radius 1 is 1.19 bits per heavy atom. The van der Waals surface area contributed by atoms with Gasteiger partial charge in [-0.05, 0) is 74.9 Å². The maximum absolute atomic E-state index is 13.0. The first-order valence-electron chi connectivity index (χ1n) is 13.2. The van der Waals surface area contributed by atoms with Crippen LogP contribution in [0.15, 0.2) is 45.6 Å². The summed E-state index contributed by atoms with van der Waals surface area (Å²) in [7, 11) is 0. The van der Waals surface area contributed by atoms with Crippen LogP contribution in [0.4, 0.5) is 0 Å². The molecule has 6 nitrogen and oxygen atoms in total. The second-order valence-electron chi connectivity index (χ2n) is 10.6. The van der Waals surface area contributed by atoms with Gasteiger partial charge in [0.25, 0.3) is 0 Å². The molecule has 1 amide bonds. The Bertz CT molecular complexity index is 1380. The molecule has 2 unspecified atom stereocenters. The van der Waals surface area contributed by atoms with E-state index in [1.54, 1.807) is 0 Å². The number of halogens is 1. The standard InChI is InChI=1S/C30H34ClNO5/c1-19-24-9-11-26(36-18-21-6-5-8-23(31)16-21)20(2)28(24)37-29(34)25(19)10-12-27(33)32-15-14-30(35)13-4-3-7-22(30)17-32/h5-6,8-9,11,16,22,35H,3-4,7,10,12-15,17-18H2,1-2H3. The molecule has 2 heterocycles. The van der Waals surface area contributed by atoms with Crippen LogP contribution in [0.3, 0.4) is 0 Å². The topological polar surface area (TPSA) is 80.0 Å². The fraction of sp³-hybridized carbons (Fsp3) is 0.467. The van der Waals surface area contributed by atoms with Crippen LogP contribution in [0.5, 0.6) is 5.75 Å². The van der Waals surface area contributed by atoms with Crippen LogP contribution in [0.2, 0.25) is 5.02 Å². The zero-order valence-corrected chi connectivity index (χ0v) is 22.3. The highest BCUT2D eigenvalue weighted by Crippen LogP contribution is 2.40. The number of hydrogen-bond acceptors (Lipinski definition) is 5. The molecule has 5 rings (SSSR count). The van der Waals surface area contributed by atoms with E-state index in [0.29, 0.717) is 54.5 Å². The van der Waals surface area contributed by atoms with Gasteiger partial charge in [0.1, 0.15) is 17.9 Å². The Kier molecular flexibility index (Phi) is 7.32. The number of benzene rings is 2. The van der Waals surface area contributed by atoms with E-state index in [0.717, 1.165) is 47.8 Å². The average Bonchev–Trinajstić information content (AvgIpc) is 2.88. The van der Waals surface area contributed by atoms with Crippen molar-refractivity contribution in [3.8, 4) is 5.75 Å². The van der Waals surface area contributed by atoms with E-state index in [1.165, 1.54) is 0 Å². The lowest BCUT2D eigenvalue weighted by Gasteiger charge is -2.47. The first-order valence-corrected chi connectivity index (χ1v) is 13.6. The Morgan fingerprint density at radius 2 is 2.03 bits per heavy atom. The largest absolute Gasteiger partial charge is 0.488 e. The Morgan fingerprint density at radius 3 is 2.84 bits per heavy atom. The molecular formula is C30H34ClNO5. The van der Waals surface area contributed by atoms with Crippen molar-refractivity contribution in [2.75, 3.05) is 13.1 Å². The first kappa shape index (κ1) is 25.8. The van der Waals surface area contributed by atoms with E-state index in [2.05, 4.69) is 0 Å². The van der Waals surface area contributed by atoms with E-state index in [9.17, 15) is 14.7 Å². The van der Waals surface area contributed by atoms with E-state index in [4.69, 9.17) is 20.8 Å². The van der Waals surface area contributed by atoms with Gasteiger partial charge in [0.15, 0.2) is 0 Å². The van der Waals surface area contributed by atoms with Crippen LogP contribution >= 0.6 is 11.6 Å². The van der Waals surface area contributed by atoms with Crippen LogP contribution in [0, 0.1) is 19.8 Å². The summed E-state index contributed by atoms with van der Waals surface area (Å²) >= 11 is 6.07. The molecule has 1 N–H and O–H groups in total. The molecule has 37 heavy (non-hydrogen) atoms. The zero-order valence-electron chi connectivity index (χ0n) is 21.5. The van der Waals surface area contributed by atoms with E-state index in [1.807, 2.05) is 55.1 Å². The fourth-order valence-electron chi connectivity index (χ4n) is 5.99. The minimum absolute atomic E-state index is 0.0347. The van der Waals surface area contributed by atoms with E-state index in [-0.39, 0.29) is 18.2 Å². The van der Waals surface area contributed by atoms with Crippen LogP contribution in [-0.4, -0.2) is 34.6 Å². The molecule has 0 bridgehead atoms. The van der Waals surface area contributed by atoms with Gasteiger partial charge in [-0.25, -0.2) is 4.79 Å². The molecule has 3 aromatic rings. The number of aliphatic hydroxyl groups is 1. The zero-order chi connectivity index (χ0) is 26.2. The number of carbonyl (C=O) groups is 1. The molecule has 1 saturated heterocycles. The molecule has 0 radical (unpaired) electrons. The number of aryl methyl sites for hydroxylation is 2. The van der Waals surface area contributed by atoms with Crippen LogP contribution < -0.4 is 10.4 Å². The van der Waals surface area contributed by atoms with Crippen molar-refractivity contribution in [3.63, 3.8) is 0 Å². The predicted octanol–water partition coefficient (Wildman–Crippen LogP) is 5.73. The molecule has 7 heteroatoms. The lowest BCUT2D eigenvalue weighted by atomic mass is 9.71. The normalized spacial score (nSPS) is 21.6. The van der Waals surface area contributed by atoms with E-state index >= 15 is 0 Å². The number of ether oxygens (including phenoxy) is 1. The quantitative estimate of drug-likeness (QED) is 0.417. The smallest absolute Gasteiger partial charge is 0.339 e. The second-order valence-corrected chi connectivity index (χ2v) is 11.0. The number of amides is 1. The summed E-state index contributed by atoms with van der Waals surface area (Å²) in [6.07, 6.45) is 5.21. The summed E-state index contributed by atoms with van der Waals surface area (Å²) in [5.41, 5.74) is 2.58. The molecule has 1 saturated carbocycles. The second kappa shape index (κ2) is 10.5. The van der Waals surface area contributed by atoms with Gasteiger partial charge in [-0.15, -0.1) is 0 Å². The highest BCUT2D eigenvalue weighted by Gasteiger charge is 2.43. The molecule has 196 valence electrons. The summed E-state index contributed by atoms with van der Waals surface area (Å²) in [6.45, 7) is 5.33. The number of hydrogen-bond donors (Lipinski definition) is 1. The lowest BCUT2D eigenvalue weighted by molar-refractivity contribution is -0.143. The third kappa shape index (κ3) is 5.27.